The van der Waals surface area contributed by atoms with E-state index in [4.69, 9.17) is 4.74 Å². The molecule has 0 bridgehead atoms. The number of anilines is 2. The van der Waals surface area contributed by atoms with E-state index in [1.54, 1.807) is 30.3 Å². The van der Waals surface area contributed by atoms with E-state index in [0.717, 1.165) is 81.6 Å². The third kappa shape index (κ3) is 8.18. The third-order valence-corrected chi connectivity index (χ3v) is 12.6. The Morgan fingerprint density at radius 2 is 1.62 bits per heavy atom. The van der Waals surface area contributed by atoms with E-state index in [9.17, 15) is 41.9 Å². The van der Waals surface area contributed by atoms with Crippen molar-refractivity contribution in [3.05, 3.63) is 82.2 Å². The van der Waals surface area contributed by atoms with Crippen LogP contribution >= 0.6 is 0 Å². The van der Waals surface area contributed by atoms with Crippen molar-refractivity contribution in [2.75, 3.05) is 43.9 Å². The predicted molar refractivity (Wildman–Crippen MR) is 211 cm³/mol. The van der Waals surface area contributed by atoms with Gasteiger partial charge in [-0.25, -0.2) is 4.98 Å². The third-order valence-electron chi connectivity index (χ3n) is 12.6. The number of halogens is 3. The van der Waals surface area contributed by atoms with Crippen molar-refractivity contribution in [3.63, 3.8) is 0 Å². The molecule has 316 valence electrons. The van der Waals surface area contributed by atoms with Gasteiger partial charge in [-0.15, -0.1) is 0 Å². The van der Waals surface area contributed by atoms with Crippen molar-refractivity contribution in [1.29, 1.82) is 0 Å². The Hall–Kier alpha value is -5.84. The van der Waals surface area contributed by atoms with E-state index in [1.807, 2.05) is 4.90 Å². The van der Waals surface area contributed by atoms with Crippen molar-refractivity contribution < 1.29 is 46.7 Å². The van der Waals surface area contributed by atoms with Gasteiger partial charge in [0.1, 0.15) is 23.2 Å². The maximum absolute atomic E-state index is 13.6. The van der Waals surface area contributed by atoms with Crippen LogP contribution in [0.25, 0.3) is 0 Å². The maximum atomic E-state index is 13.6. The van der Waals surface area contributed by atoms with Gasteiger partial charge in [-0.1, -0.05) is 12.1 Å². The second-order valence-corrected chi connectivity index (χ2v) is 16.3. The fraction of sp³-hybridized carbons (Fsp3) is 0.465. The van der Waals surface area contributed by atoms with Gasteiger partial charge in [0.2, 0.25) is 11.8 Å². The molecule has 4 aliphatic heterocycles. The molecule has 3 aromatic rings. The van der Waals surface area contributed by atoms with Crippen LogP contribution in [0.2, 0.25) is 0 Å². The number of benzene rings is 2. The summed E-state index contributed by atoms with van der Waals surface area (Å²) < 4.78 is 45.0. The van der Waals surface area contributed by atoms with Crippen molar-refractivity contribution in [2.24, 2.45) is 11.8 Å². The lowest BCUT2D eigenvalue weighted by Crippen LogP contribution is -2.54. The molecule has 6 amide bonds. The minimum atomic E-state index is -4.70. The number of imide groups is 2. The molecule has 1 aromatic heterocycles. The molecule has 14 nitrogen and oxygen atoms in total. The number of piperidine rings is 2. The average Bonchev–Trinajstić information content (AvgIpc) is 3.69. The first-order chi connectivity index (χ1) is 28.8. The number of nitrogens with one attached hydrogen (secondary N) is 3. The van der Waals surface area contributed by atoms with E-state index in [-0.39, 0.29) is 47.4 Å². The Morgan fingerprint density at radius 3 is 2.33 bits per heavy atom. The normalized spacial score (nSPS) is 22.5. The van der Waals surface area contributed by atoms with Crippen molar-refractivity contribution >= 4 is 46.8 Å². The van der Waals surface area contributed by atoms with Crippen LogP contribution in [0.15, 0.2) is 48.5 Å². The zero-order chi connectivity index (χ0) is 42.3. The molecule has 1 saturated carbocycles. The second-order valence-electron chi connectivity index (χ2n) is 16.3. The van der Waals surface area contributed by atoms with Crippen LogP contribution in [0.5, 0.6) is 5.75 Å². The maximum Gasteiger partial charge on any atom is 0.433 e. The molecule has 17 heteroatoms. The Balaban J connectivity index is 0.783. The van der Waals surface area contributed by atoms with Gasteiger partial charge < -0.3 is 25.2 Å². The van der Waals surface area contributed by atoms with Gasteiger partial charge in [-0.05, 0) is 118 Å². The largest absolute Gasteiger partial charge is 0.495 e. The summed E-state index contributed by atoms with van der Waals surface area (Å²) in [6.45, 7) is 3.98. The van der Waals surface area contributed by atoms with E-state index >= 15 is 0 Å². The first-order valence-corrected chi connectivity index (χ1v) is 20.5. The molecule has 0 radical (unpaired) electrons. The van der Waals surface area contributed by atoms with Gasteiger partial charge in [0.25, 0.3) is 23.6 Å². The number of nitrogens with zero attached hydrogens (tertiary/aromatic N) is 4. The summed E-state index contributed by atoms with van der Waals surface area (Å²) in [5.74, 6) is -1.78. The minimum Gasteiger partial charge on any atom is -0.495 e. The lowest BCUT2D eigenvalue weighted by molar-refractivity contribution is -0.141. The van der Waals surface area contributed by atoms with E-state index < -0.39 is 53.1 Å². The number of amides is 6. The fourth-order valence-electron chi connectivity index (χ4n) is 9.37. The molecule has 5 heterocycles. The Bertz CT molecular complexity index is 2230. The van der Waals surface area contributed by atoms with Crippen LogP contribution < -0.4 is 20.7 Å². The lowest BCUT2D eigenvalue weighted by Gasteiger charge is -2.38. The number of carbonyl (C=O) groups excluding carboxylic acids is 6. The monoisotopic (exact) mass is 829 g/mol. The first kappa shape index (κ1) is 40.9. The Labute approximate surface area is 344 Å². The number of ether oxygens (including phenoxy) is 1. The average molecular weight is 830 g/mol. The highest BCUT2D eigenvalue weighted by Gasteiger charge is 2.46. The molecule has 8 rings (SSSR count). The predicted octanol–water partition coefficient (Wildman–Crippen LogP) is 5.49. The van der Waals surface area contributed by atoms with Crippen LogP contribution in [-0.4, -0.2) is 100 Å². The van der Waals surface area contributed by atoms with Crippen LogP contribution in [0.1, 0.15) is 111 Å². The number of likely N-dealkylation sites (tertiary alicyclic amines) is 1. The number of alkyl halides is 3. The summed E-state index contributed by atoms with van der Waals surface area (Å²) in [7, 11) is 1.39. The van der Waals surface area contributed by atoms with Crippen LogP contribution in [0.4, 0.5) is 24.5 Å². The molecular formula is C43H46F3N7O7. The van der Waals surface area contributed by atoms with Crippen molar-refractivity contribution in [2.45, 2.75) is 82.6 Å². The molecular weight excluding hydrogens is 784 g/mol. The number of aromatic nitrogens is 1. The molecule has 1 unspecified atom stereocenters. The molecule has 2 saturated heterocycles. The van der Waals surface area contributed by atoms with Gasteiger partial charge in [-0.2, -0.15) is 13.2 Å². The molecule has 1 aliphatic carbocycles. The number of hydrogen-bond donors (Lipinski definition) is 3. The lowest BCUT2D eigenvalue weighted by atomic mass is 9.84. The highest BCUT2D eigenvalue weighted by Crippen LogP contribution is 2.39. The smallest absolute Gasteiger partial charge is 0.433 e. The van der Waals surface area contributed by atoms with Crippen LogP contribution in [0.3, 0.4) is 0 Å². The fourth-order valence-corrected chi connectivity index (χ4v) is 9.37. The Morgan fingerprint density at radius 1 is 0.867 bits per heavy atom. The summed E-state index contributed by atoms with van der Waals surface area (Å²) in [5, 5.41) is 8.21. The SMILES string of the molecule is COc1cc2c(cc1NC(=O)c1cccc(C(F)(F)F)n1)CN([C@H]1CC[C@H](CN3CCC(CCNc4cccc5c4C(=O)N(C4CCC(=O)NC4=O)C5=O)CC3)CC1)C2=O. The van der Waals surface area contributed by atoms with E-state index in [2.05, 4.69) is 25.8 Å². The second kappa shape index (κ2) is 16.7. The molecule has 60 heavy (non-hydrogen) atoms. The molecule has 3 N–H and O–H groups in total. The van der Waals surface area contributed by atoms with Crippen LogP contribution in [-0.2, 0) is 22.3 Å². The van der Waals surface area contributed by atoms with Gasteiger partial charge in [0.05, 0.1) is 23.9 Å². The van der Waals surface area contributed by atoms with Gasteiger partial charge in [0, 0.05) is 43.3 Å². The van der Waals surface area contributed by atoms with Crippen molar-refractivity contribution in [3.8, 4) is 5.75 Å². The summed E-state index contributed by atoms with van der Waals surface area (Å²) in [5.41, 5.74) is 0.957. The quantitative estimate of drug-likeness (QED) is 0.210. The molecule has 5 aliphatic rings. The number of methoxy groups -OCH3 is 1. The van der Waals surface area contributed by atoms with Gasteiger partial charge in [-0.3, -0.25) is 39.0 Å². The van der Waals surface area contributed by atoms with Gasteiger partial charge in [0.15, 0.2) is 0 Å². The summed E-state index contributed by atoms with van der Waals surface area (Å²) in [4.78, 5) is 86.1. The highest BCUT2D eigenvalue weighted by atomic mass is 19.4. The van der Waals surface area contributed by atoms with E-state index in [0.29, 0.717) is 41.7 Å². The Kier molecular flexibility index (Phi) is 11.4. The topological polar surface area (TPSA) is 170 Å². The summed E-state index contributed by atoms with van der Waals surface area (Å²) in [6.07, 6.45) is 2.21. The minimum absolute atomic E-state index is 0.0663. The zero-order valence-corrected chi connectivity index (χ0v) is 33.1. The number of rotatable bonds is 11. The standard InChI is InChI=1S/C43H46F3N7O7/c1-60-34-21-29-26(20-32(34)49-38(55)31-6-3-7-35(48-31)43(44,45)46)23-52(40(29)57)27-10-8-25(9-11-27)22-51-18-15-24(16-19-51)14-17-47-30-5-2-4-28-37(30)42(59)53(41(28)58)33-12-13-36(54)50-39(33)56/h2-7,20-21,24-25,27,33,47H,8-19,22-23H2,1H3,(H,49,55)(H,50,54,56)/t25-,27-,33?. The number of carbonyl (C=O) groups is 6. The van der Waals surface area contributed by atoms with Crippen molar-refractivity contribution in [1.82, 2.24) is 25.0 Å². The molecule has 3 fully saturated rings. The molecule has 1 atom stereocenters. The molecule has 2 aromatic carbocycles. The summed E-state index contributed by atoms with van der Waals surface area (Å²) in [6, 6.07) is 10.5. The molecule has 0 spiro atoms. The van der Waals surface area contributed by atoms with E-state index in [1.165, 1.54) is 13.2 Å². The van der Waals surface area contributed by atoms with Gasteiger partial charge >= 0.3 is 6.18 Å². The zero-order valence-electron chi connectivity index (χ0n) is 33.1. The highest BCUT2D eigenvalue weighted by molar-refractivity contribution is 6.25. The number of pyridine rings is 1. The first-order valence-electron chi connectivity index (χ1n) is 20.5. The number of hydrogen-bond acceptors (Lipinski definition) is 10. The van der Waals surface area contributed by atoms with Crippen LogP contribution in [0, 0.1) is 11.8 Å². The number of fused-ring (bicyclic) bond motifs is 2. The summed E-state index contributed by atoms with van der Waals surface area (Å²) >= 11 is 0.